The van der Waals surface area contributed by atoms with Crippen LogP contribution in [0.25, 0.3) is 0 Å². The third-order valence-electron chi connectivity index (χ3n) is 3.52. The second-order valence-corrected chi connectivity index (χ2v) is 6.70. The molecule has 1 aliphatic carbocycles. The Kier molecular flexibility index (Phi) is 8.23. The van der Waals surface area contributed by atoms with Crippen molar-refractivity contribution < 1.29 is 9.53 Å². The molecule has 0 bridgehead atoms. The lowest BCUT2D eigenvalue weighted by molar-refractivity contribution is -0.140. The predicted molar refractivity (Wildman–Crippen MR) is 79.5 cm³/mol. The van der Waals surface area contributed by atoms with Crippen molar-refractivity contribution in [3.05, 3.63) is 0 Å². The summed E-state index contributed by atoms with van der Waals surface area (Å²) in [5.74, 6) is 0.985. The highest BCUT2D eigenvalue weighted by atomic mass is 127. The van der Waals surface area contributed by atoms with Gasteiger partial charge in [0, 0.05) is 10.3 Å². The molecule has 0 aliphatic heterocycles. The van der Waals surface area contributed by atoms with Crippen LogP contribution in [-0.2, 0) is 9.53 Å². The van der Waals surface area contributed by atoms with Crippen LogP contribution < -0.4 is 0 Å². The summed E-state index contributed by atoms with van der Waals surface area (Å²) >= 11 is 2.57. The van der Waals surface area contributed by atoms with E-state index in [0.29, 0.717) is 6.42 Å². The van der Waals surface area contributed by atoms with Crippen LogP contribution in [0, 0.1) is 5.92 Å². The van der Waals surface area contributed by atoms with E-state index in [-0.39, 0.29) is 5.97 Å². The van der Waals surface area contributed by atoms with Crippen LogP contribution >= 0.6 is 22.6 Å². The average Bonchev–Trinajstić information content (AvgIpc) is 3.02. The van der Waals surface area contributed by atoms with Gasteiger partial charge in [0.1, 0.15) is 0 Å². The van der Waals surface area contributed by atoms with Gasteiger partial charge in [0.25, 0.3) is 0 Å². The number of hydrogen-bond acceptors (Lipinski definition) is 2. The van der Waals surface area contributed by atoms with Gasteiger partial charge in [-0.3, -0.25) is 4.79 Å². The second-order valence-electron chi connectivity index (χ2n) is 5.10. The van der Waals surface area contributed by atoms with Crippen LogP contribution in [0.2, 0.25) is 0 Å². The molecular weight excluding hydrogens is 327 g/mol. The molecule has 0 saturated heterocycles. The van der Waals surface area contributed by atoms with Crippen LogP contribution in [0.5, 0.6) is 0 Å². The van der Waals surface area contributed by atoms with Gasteiger partial charge in [-0.25, -0.2) is 0 Å². The summed E-state index contributed by atoms with van der Waals surface area (Å²) in [7, 11) is 1.46. The molecule has 0 aromatic rings. The highest BCUT2D eigenvalue weighted by molar-refractivity contribution is 14.1. The number of carbonyl (C=O) groups excluding carboxylic acids is 1. The van der Waals surface area contributed by atoms with E-state index in [0.717, 1.165) is 16.3 Å². The number of unbranched alkanes of at least 4 members (excludes halogenated alkanes) is 6. The minimum absolute atomic E-state index is 0.0669. The Hall–Kier alpha value is 0.200. The van der Waals surface area contributed by atoms with Crippen molar-refractivity contribution in [2.24, 2.45) is 5.92 Å². The smallest absolute Gasteiger partial charge is 0.305 e. The monoisotopic (exact) mass is 352 g/mol. The molecule has 1 fully saturated rings. The van der Waals surface area contributed by atoms with Crippen molar-refractivity contribution >= 4 is 28.6 Å². The van der Waals surface area contributed by atoms with E-state index in [4.69, 9.17) is 0 Å². The van der Waals surface area contributed by atoms with Crippen molar-refractivity contribution in [3.63, 3.8) is 0 Å². The van der Waals surface area contributed by atoms with Gasteiger partial charge in [-0.2, -0.15) is 0 Å². The fraction of sp³-hybridized carbons (Fsp3) is 0.929. The summed E-state index contributed by atoms with van der Waals surface area (Å²) in [5, 5.41) is 0. The molecule has 1 saturated carbocycles. The van der Waals surface area contributed by atoms with Crippen molar-refractivity contribution in [1.29, 1.82) is 0 Å². The van der Waals surface area contributed by atoms with E-state index in [9.17, 15) is 4.79 Å². The molecule has 0 aromatic heterocycles. The summed E-state index contributed by atoms with van der Waals surface area (Å²) in [6.45, 7) is 0. The number of hydrogen-bond donors (Lipinski definition) is 0. The molecule has 0 spiro atoms. The number of esters is 1. The molecule has 0 radical (unpaired) electrons. The number of alkyl halides is 1. The predicted octanol–water partition coefficient (Wildman–Crippen LogP) is 4.49. The van der Waals surface area contributed by atoms with Gasteiger partial charge >= 0.3 is 5.97 Å². The van der Waals surface area contributed by atoms with Crippen LogP contribution in [0.4, 0.5) is 0 Å². The Bertz CT molecular complexity index is 218. The molecule has 0 amide bonds. The minimum atomic E-state index is -0.0669. The van der Waals surface area contributed by atoms with E-state index < -0.39 is 0 Å². The Morgan fingerprint density at radius 3 is 2.18 bits per heavy atom. The number of ether oxygens (including phenoxy) is 1. The maximum absolute atomic E-state index is 10.9. The summed E-state index contributed by atoms with van der Waals surface area (Å²) in [6, 6.07) is 0. The topological polar surface area (TPSA) is 26.3 Å². The Labute approximate surface area is 119 Å². The number of methoxy groups -OCH3 is 1. The highest BCUT2D eigenvalue weighted by Crippen LogP contribution is 2.41. The molecule has 0 heterocycles. The van der Waals surface area contributed by atoms with E-state index in [2.05, 4.69) is 27.3 Å². The van der Waals surface area contributed by atoms with Crippen molar-refractivity contribution in [1.82, 2.24) is 0 Å². The Balaban J connectivity index is 1.71. The second kappa shape index (κ2) is 9.17. The molecule has 17 heavy (non-hydrogen) atoms. The van der Waals surface area contributed by atoms with E-state index in [1.165, 1.54) is 58.5 Å². The van der Waals surface area contributed by atoms with Gasteiger partial charge in [0.05, 0.1) is 7.11 Å². The largest absolute Gasteiger partial charge is 0.469 e. The molecule has 0 N–H and O–H groups in total. The van der Waals surface area contributed by atoms with Gasteiger partial charge in [0.15, 0.2) is 0 Å². The lowest BCUT2D eigenvalue weighted by Crippen LogP contribution is -1.99. The Morgan fingerprint density at radius 2 is 1.65 bits per heavy atom. The quantitative estimate of drug-likeness (QED) is 0.251. The molecular formula is C14H25IO2. The third kappa shape index (κ3) is 8.01. The van der Waals surface area contributed by atoms with E-state index in [1.807, 2.05) is 0 Å². The van der Waals surface area contributed by atoms with E-state index in [1.54, 1.807) is 0 Å². The molecule has 0 aromatic carbocycles. The molecule has 3 heteroatoms. The molecule has 0 unspecified atom stereocenters. The van der Waals surface area contributed by atoms with Gasteiger partial charge in [-0.15, -0.1) is 0 Å². The highest BCUT2D eigenvalue weighted by Gasteiger charge is 2.33. The average molecular weight is 352 g/mol. The molecule has 1 rings (SSSR count). The zero-order valence-corrected chi connectivity index (χ0v) is 13.1. The third-order valence-corrected chi connectivity index (χ3v) is 5.05. The normalized spacial score (nSPS) is 22.5. The van der Waals surface area contributed by atoms with Crippen molar-refractivity contribution in [2.45, 2.75) is 68.1 Å². The van der Waals surface area contributed by atoms with Crippen molar-refractivity contribution in [3.8, 4) is 0 Å². The Morgan fingerprint density at radius 1 is 1.12 bits per heavy atom. The van der Waals surface area contributed by atoms with Gasteiger partial charge in [0.2, 0.25) is 0 Å². The first kappa shape index (κ1) is 15.3. The zero-order chi connectivity index (χ0) is 12.5. The molecule has 100 valence electrons. The first-order chi connectivity index (χ1) is 8.24. The standard InChI is InChI=1S/C14H25IO2/c1-17-14(16)10-8-6-4-2-3-5-7-9-12-11-13(12)15/h12-13H,2-11H2,1H3/t12-,13-/m1/s1. The fourth-order valence-electron chi connectivity index (χ4n) is 2.17. The first-order valence-electron chi connectivity index (χ1n) is 6.95. The maximum atomic E-state index is 10.9. The fourth-order valence-corrected chi connectivity index (χ4v) is 3.18. The van der Waals surface area contributed by atoms with E-state index >= 15 is 0 Å². The first-order valence-corrected chi connectivity index (χ1v) is 8.19. The minimum Gasteiger partial charge on any atom is -0.469 e. The molecule has 2 atom stereocenters. The van der Waals surface area contributed by atoms with Crippen molar-refractivity contribution in [2.75, 3.05) is 7.11 Å². The lowest BCUT2D eigenvalue weighted by Gasteiger charge is -2.02. The van der Waals surface area contributed by atoms with Gasteiger partial charge in [-0.1, -0.05) is 61.1 Å². The number of rotatable bonds is 10. The molecule has 2 nitrogen and oxygen atoms in total. The van der Waals surface area contributed by atoms with Gasteiger partial charge < -0.3 is 4.74 Å². The summed E-state index contributed by atoms with van der Waals surface area (Å²) in [4.78, 5) is 10.9. The zero-order valence-electron chi connectivity index (χ0n) is 10.9. The van der Waals surface area contributed by atoms with Crippen LogP contribution in [-0.4, -0.2) is 17.0 Å². The summed E-state index contributed by atoms with van der Waals surface area (Å²) < 4.78 is 5.60. The summed E-state index contributed by atoms with van der Waals surface area (Å²) in [6.07, 6.45) is 12.5. The number of halogens is 1. The van der Waals surface area contributed by atoms with Gasteiger partial charge in [-0.05, 0) is 25.2 Å². The maximum Gasteiger partial charge on any atom is 0.305 e. The molecule has 1 aliphatic rings. The SMILES string of the molecule is COC(=O)CCCCCCCCC[C@@H]1C[C@H]1I. The van der Waals surface area contributed by atoms with Crippen LogP contribution in [0.15, 0.2) is 0 Å². The lowest BCUT2D eigenvalue weighted by atomic mass is 10.1. The van der Waals surface area contributed by atoms with Crippen LogP contribution in [0.3, 0.4) is 0 Å². The summed E-state index contributed by atoms with van der Waals surface area (Å²) in [5.41, 5.74) is 0. The van der Waals surface area contributed by atoms with Crippen LogP contribution in [0.1, 0.15) is 64.2 Å². The number of carbonyl (C=O) groups is 1.